The van der Waals surface area contributed by atoms with E-state index in [0.717, 1.165) is 25.9 Å². The summed E-state index contributed by atoms with van der Waals surface area (Å²) < 4.78 is 4.66. The van der Waals surface area contributed by atoms with Crippen molar-refractivity contribution in [2.45, 2.75) is 25.3 Å². The maximum absolute atomic E-state index is 11.4. The second-order valence-electron chi connectivity index (χ2n) is 5.72. The Morgan fingerprint density at radius 3 is 2.78 bits per heavy atom. The summed E-state index contributed by atoms with van der Waals surface area (Å²) in [5.41, 5.74) is 1.17. The predicted molar refractivity (Wildman–Crippen MR) is 83.7 cm³/mol. The number of nitrogens with one attached hydrogen (secondary N) is 1. The van der Waals surface area contributed by atoms with Crippen LogP contribution in [-0.2, 0) is 16.0 Å². The summed E-state index contributed by atoms with van der Waals surface area (Å²) in [6, 6.07) is 10.3. The molecule has 7 nitrogen and oxygen atoms in total. The van der Waals surface area contributed by atoms with Crippen LogP contribution in [0, 0.1) is 5.92 Å². The van der Waals surface area contributed by atoms with Crippen LogP contribution in [0.5, 0.6) is 0 Å². The van der Waals surface area contributed by atoms with Crippen LogP contribution in [0.15, 0.2) is 30.3 Å². The molecule has 3 rings (SSSR count). The van der Waals surface area contributed by atoms with E-state index in [9.17, 15) is 4.79 Å². The van der Waals surface area contributed by atoms with Crippen LogP contribution < -0.4 is 5.32 Å². The van der Waals surface area contributed by atoms with Gasteiger partial charge in [-0.15, -0.1) is 10.2 Å². The van der Waals surface area contributed by atoms with E-state index in [2.05, 4.69) is 37.6 Å². The number of benzene rings is 1. The zero-order chi connectivity index (χ0) is 16.1. The van der Waals surface area contributed by atoms with E-state index < -0.39 is 0 Å². The highest BCUT2D eigenvalue weighted by Gasteiger charge is 2.28. The average molecular weight is 315 g/mol. The van der Waals surface area contributed by atoms with Crippen LogP contribution in [0.3, 0.4) is 0 Å². The second-order valence-corrected chi connectivity index (χ2v) is 5.72. The molecule has 2 aromatic rings. The molecular formula is C16H21N5O2. The summed E-state index contributed by atoms with van der Waals surface area (Å²) in [6.45, 7) is 2.00. The van der Waals surface area contributed by atoms with Gasteiger partial charge in [0, 0.05) is 0 Å². The van der Waals surface area contributed by atoms with E-state index in [1.807, 2.05) is 18.2 Å². The van der Waals surface area contributed by atoms with Gasteiger partial charge in [0.05, 0.1) is 7.11 Å². The maximum atomic E-state index is 11.4. The van der Waals surface area contributed by atoms with Crippen LogP contribution in [0.1, 0.15) is 30.3 Å². The minimum atomic E-state index is -0.359. The molecule has 1 atom stereocenters. The van der Waals surface area contributed by atoms with Crippen molar-refractivity contribution in [3.63, 3.8) is 0 Å². The Balaban J connectivity index is 1.87. The normalized spacial score (nSPS) is 16.9. The van der Waals surface area contributed by atoms with Crippen LogP contribution in [0.4, 0.5) is 0 Å². The SMILES string of the molecule is COC(=O)Cc1nnn(C(c2ccccc2)C2CCNCC2)n1. The van der Waals surface area contributed by atoms with E-state index in [-0.39, 0.29) is 18.4 Å². The molecule has 1 N–H and O–H groups in total. The van der Waals surface area contributed by atoms with Gasteiger partial charge in [-0.1, -0.05) is 30.3 Å². The number of carbonyl (C=O) groups excluding carboxylic acids is 1. The van der Waals surface area contributed by atoms with Crippen molar-refractivity contribution < 1.29 is 9.53 Å². The minimum Gasteiger partial charge on any atom is -0.469 e. The lowest BCUT2D eigenvalue weighted by atomic mass is 9.86. The summed E-state index contributed by atoms with van der Waals surface area (Å²) in [5, 5.41) is 16.0. The largest absolute Gasteiger partial charge is 0.469 e. The van der Waals surface area contributed by atoms with Gasteiger partial charge in [0.25, 0.3) is 0 Å². The number of rotatable bonds is 5. The lowest BCUT2D eigenvalue weighted by Crippen LogP contribution is -2.34. The lowest BCUT2D eigenvalue weighted by Gasteiger charge is -2.30. The fourth-order valence-electron chi connectivity index (χ4n) is 3.05. The summed E-state index contributed by atoms with van der Waals surface area (Å²) in [7, 11) is 1.36. The third-order valence-corrected chi connectivity index (χ3v) is 4.22. The molecule has 1 aromatic heterocycles. The topological polar surface area (TPSA) is 81.9 Å². The summed E-state index contributed by atoms with van der Waals surface area (Å²) in [6.07, 6.45) is 2.17. The quantitative estimate of drug-likeness (QED) is 0.828. The van der Waals surface area contributed by atoms with Crippen molar-refractivity contribution in [2.75, 3.05) is 20.2 Å². The number of piperidine rings is 1. The summed E-state index contributed by atoms with van der Waals surface area (Å²) >= 11 is 0. The lowest BCUT2D eigenvalue weighted by molar-refractivity contribution is -0.139. The van der Waals surface area contributed by atoms with Gasteiger partial charge in [-0.3, -0.25) is 4.79 Å². The van der Waals surface area contributed by atoms with Gasteiger partial charge in [-0.25, -0.2) is 0 Å². The van der Waals surface area contributed by atoms with Gasteiger partial charge < -0.3 is 10.1 Å². The molecule has 1 aromatic carbocycles. The van der Waals surface area contributed by atoms with Crippen LogP contribution >= 0.6 is 0 Å². The first-order chi connectivity index (χ1) is 11.3. The van der Waals surface area contributed by atoms with Crippen molar-refractivity contribution in [1.29, 1.82) is 0 Å². The monoisotopic (exact) mass is 315 g/mol. The number of ether oxygens (including phenoxy) is 1. The Morgan fingerprint density at radius 1 is 1.35 bits per heavy atom. The Hall–Kier alpha value is -2.28. The molecule has 2 heterocycles. The molecule has 0 spiro atoms. The molecule has 1 saturated heterocycles. The first kappa shape index (κ1) is 15.6. The Kier molecular flexibility index (Phi) is 4.97. The van der Waals surface area contributed by atoms with Crippen LogP contribution in [-0.4, -0.2) is 46.4 Å². The number of aromatic nitrogens is 4. The minimum absolute atomic E-state index is 0.0391. The van der Waals surface area contributed by atoms with Crippen molar-refractivity contribution in [1.82, 2.24) is 25.5 Å². The van der Waals surface area contributed by atoms with Gasteiger partial charge in [-0.05, 0) is 42.6 Å². The highest BCUT2D eigenvalue weighted by molar-refractivity contribution is 5.71. The number of methoxy groups -OCH3 is 1. The van der Waals surface area contributed by atoms with Crippen LogP contribution in [0.2, 0.25) is 0 Å². The molecule has 23 heavy (non-hydrogen) atoms. The van der Waals surface area contributed by atoms with E-state index in [1.165, 1.54) is 12.7 Å². The standard InChI is InChI=1S/C16H21N5O2/c1-23-15(22)11-14-18-20-21(19-14)16(12-5-3-2-4-6-12)13-7-9-17-10-8-13/h2-6,13,16-17H,7-11H2,1H3. The van der Waals surface area contributed by atoms with Crippen molar-refractivity contribution in [2.24, 2.45) is 5.92 Å². The Morgan fingerprint density at radius 2 is 2.09 bits per heavy atom. The van der Waals surface area contributed by atoms with Gasteiger partial charge in [0.1, 0.15) is 12.5 Å². The first-order valence-corrected chi connectivity index (χ1v) is 7.89. The molecule has 122 valence electrons. The van der Waals surface area contributed by atoms with E-state index in [0.29, 0.717) is 11.7 Å². The fourth-order valence-corrected chi connectivity index (χ4v) is 3.05. The predicted octanol–water partition coefficient (Wildman–Crippen LogP) is 0.978. The van der Waals surface area contributed by atoms with Gasteiger partial charge >= 0.3 is 5.97 Å². The van der Waals surface area contributed by atoms with Crippen molar-refractivity contribution >= 4 is 5.97 Å². The third kappa shape index (κ3) is 3.73. The zero-order valence-electron chi connectivity index (χ0n) is 13.2. The Labute approximate surface area is 135 Å². The first-order valence-electron chi connectivity index (χ1n) is 7.89. The second kappa shape index (κ2) is 7.32. The highest BCUT2D eigenvalue weighted by atomic mass is 16.5. The number of esters is 1. The number of tetrazole rings is 1. The average Bonchev–Trinajstić information content (AvgIpc) is 3.05. The number of hydrogen-bond donors (Lipinski definition) is 1. The molecule has 1 aliphatic rings. The van der Waals surface area contributed by atoms with Gasteiger partial charge in [0.15, 0.2) is 5.82 Å². The van der Waals surface area contributed by atoms with E-state index in [4.69, 9.17) is 0 Å². The zero-order valence-corrected chi connectivity index (χ0v) is 13.2. The number of hydrogen-bond acceptors (Lipinski definition) is 6. The number of nitrogens with zero attached hydrogens (tertiary/aromatic N) is 4. The van der Waals surface area contributed by atoms with Crippen molar-refractivity contribution in [3.05, 3.63) is 41.7 Å². The molecule has 1 aliphatic heterocycles. The Bertz CT molecular complexity index is 637. The molecule has 0 saturated carbocycles. The molecular weight excluding hydrogens is 294 g/mol. The van der Waals surface area contributed by atoms with Gasteiger partial charge in [-0.2, -0.15) is 4.80 Å². The van der Waals surface area contributed by atoms with Crippen molar-refractivity contribution in [3.8, 4) is 0 Å². The molecule has 0 radical (unpaired) electrons. The maximum Gasteiger partial charge on any atom is 0.313 e. The fraction of sp³-hybridized carbons (Fsp3) is 0.500. The molecule has 7 heteroatoms. The summed E-state index contributed by atoms with van der Waals surface area (Å²) in [4.78, 5) is 13.0. The summed E-state index contributed by atoms with van der Waals surface area (Å²) in [5.74, 6) is 0.480. The smallest absolute Gasteiger partial charge is 0.313 e. The van der Waals surface area contributed by atoms with Gasteiger partial charge in [0.2, 0.25) is 0 Å². The molecule has 1 fully saturated rings. The van der Waals surface area contributed by atoms with E-state index in [1.54, 1.807) is 4.80 Å². The molecule has 0 bridgehead atoms. The molecule has 0 aliphatic carbocycles. The molecule has 0 amide bonds. The van der Waals surface area contributed by atoms with E-state index >= 15 is 0 Å². The third-order valence-electron chi connectivity index (χ3n) is 4.22. The van der Waals surface area contributed by atoms with Crippen LogP contribution in [0.25, 0.3) is 0 Å². The molecule has 1 unspecified atom stereocenters. The highest BCUT2D eigenvalue weighted by Crippen LogP contribution is 2.31. The number of carbonyl (C=O) groups is 1.